The minimum Gasteiger partial charge on any atom is -0.311 e. The molecule has 2 heterocycles. The van der Waals surface area contributed by atoms with Gasteiger partial charge in [0, 0.05) is 45.5 Å². The lowest BCUT2D eigenvalue weighted by Gasteiger charge is -2.45. The summed E-state index contributed by atoms with van der Waals surface area (Å²) in [6.07, 6.45) is 0. The Morgan fingerprint density at radius 2 is 0.657 bits per heavy atom. The van der Waals surface area contributed by atoms with E-state index < -0.39 is 0 Å². The predicted molar refractivity (Wildman–Crippen MR) is 303 cm³/mol. The Balaban J connectivity index is 1.17. The fourth-order valence-electron chi connectivity index (χ4n) is 11.3. The zero-order chi connectivity index (χ0) is 47.5. The molecule has 336 valence electrons. The largest absolute Gasteiger partial charge is 0.311 e. The molecular formula is C66H54BN3. The molecule has 0 amide bonds. The summed E-state index contributed by atoms with van der Waals surface area (Å²) >= 11 is 0. The maximum atomic E-state index is 2.57. The summed E-state index contributed by atoms with van der Waals surface area (Å²) in [6, 6.07) is 82.6. The quantitative estimate of drug-likeness (QED) is 0.159. The highest BCUT2D eigenvalue weighted by molar-refractivity contribution is 7.00. The Bertz CT molecular complexity index is 3630. The molecule has 0 saturated heterocycles. The SMILES string of the molecule is CC(C)(C)c1ccc(N(c2ccc(C(C)(C)C)cc2)c2cc3c4c(c2)N(c2ccc5ccccc5c2)c2cc5ccccc5cc2B4c2cc4ccccc4cc2N3c2ccc3ccccc3c2)cc1. The normalized spacial score (nSPS) is 13.2. The van der Waals surface area contributed by atoms with Crippen molar-refractivity contribution >= 4 is 117 Å². The monoisotopic (exact) mass is 899 g/mol. The maximum Gasteiger partial charge on any atom is 0.252 e. The van der Waals surface area contributed by atoms with E-state index in [2.05, 4.69) is 275 Å². The van der Waals surface area contributed by atoms with E-state index in [9.17, 15) is 0 Å². The molecule has 2 aliphatic heterocycles. The molecule has 11 aromatic carbocycles. The van der Waals surface area contributed by atoms with Crippen molar-refractivity contribution in [3.63, 3.8) is 0 Å². The van der Waals surface area contributed by atoms with E-state index in [4.69, 9.17) is 0 Å². The second kappa shape index (κ2) is 15.7. The summed E-state index contributed by atoms with van der Waals surface area (Å²) in [5.41, 5.74) is 16.8. The number of nitrogens with zero attached hydrogens (tertiary/aromatic N) is 3. The van der Waals surface area contributed by atoms with E-state index in [0.717, 1.165) is 28.4 Å². The number of hydrogen-bond acceptors (Lipinski definition) is 3. The highest BCUT2D eigenvalue weighted by Crippen LogP contribution is 2.50. The second-order valence-corrected chi connectivity index (χ2v) is 21.5. The van der Waals surface area contributed by atoms with E-state index in [1.54, 1.807) is 0 Å². The van der Waals surface area contributed by atoms with Crippen LogP contribution in [0, 0.1) is 0 Å². The summed E-state index contributed by atoms with van der Waals surface area (Å²) in [5.74, 6) is 0. The first-order chi connectivity index (χ1) is 33.9. The molecule has 0 spiro atoms. The van der Waals surface area contributed by atoms with Crippen LogP contribution in [0.4, 0.5) is 51.2 Å². The predicted octanol–water partition coefficient (Wildman–Crippen LogP) is 16.4. The van der Waals surface area contributed by atoms with E-state index in [1.807, 2.05) is 0 Å². The van der Waals surface area contributed by atoms with Gasteiger partial charge in [-0.25, -0.2) is 0 Å². The van der Waals surface area contributed by atoms with Crippen LogP contribution in [0.5, 0.6) is 0 Å². The lowest BCUT2D eigenvalue weighted by Crippen LogP contribution is -2.61. The molecule has 0 aromatic heterocycles. The molecule has 0 unspecified atom stereocenters. The molecule has 0 radical (unpaired) electrons. The van der Waals surface area contributed by atoms with Gasteiger partial charge in [-0.3, -0.25) is 0 Å². The van der Waals surface area contributed by atoms with Crippen LogP contribution in [0.3, 0.4) is 0 Å². The van der Waals surface area contributed by atoms with Crippen molar-refractivity contribution in [1.29, 1.82) is 0 Å². The average Bonchev–Trinajstić information content (AvgIpc) is 3.37. The van der Waals surface area contributed by atoms with Gasteiger partial charge in [-0.2, -0.15) is 0 Å². The number of anilines is 9. The van der Waals surface area contributed by atoms with Crippen molar-refractivity contribution in [3.8, 4) is 0 Å². The molecule has 0 bridgehead atoms. The van der Waals surface area contributed by atoms with Crippen LogP contribution < -0.4 is 31.1 Å². The van der Waals surface area contributed by atoms with E-state index >= 15 is 0 Å². The highest BCUT2D eigenvalue weighted by atomic mass is 15.2. The van der Waals surface area contributed by atoms with Crippen LogP contribution in [0.15, 0.2) is 218 Å². The van der Waals surface area contributed by atoms with E-state index in [1.165, 1.54) is 93.4 Å². The zero-order valence-electron chi connectivity index (χ0n) is 40.7. The Hall–Kier alpha value is -8.08. The van der Waals surface area contributed by atoms with Gasteiger partial charge in [-0.15, -0.1) is 0 Å². The molecule has 0 atom stereocenters. The van der Waals surface area contributed by atoms with Crippen molar-refractivity contribution in [3.05, 3.63) is 230 Å². The standard InChI is InChI=1S/C66H54BN3/c1-65(2,3)51-25-31-53(32-26-51)68(54-33-27-52(28-34-54)66(4,5)6)57-41-62-64-63(42-57)70(56-30-24-44-16-8-10-18-46(44)36-56)61-40-50-22-14-12-20-48(50)38-59(61)67(64)58-37-47-19-11-13-21-49(47)39-60(58)69(62)55-29-23-43-15-7-9-17-45(43)35-55/h7-42H,1-6H3. The summed E-state index contributed by atoms with van der Waals surface area (Å²) < 4.78 is 0. The van der Waals surface area contributed by atoms with Gasteiger partial charge < -0.3 is 14.7 Å². The number of hydrogen-bond donors (Lipinski definition) is 0. The third-order valence-electron chi connectivity index (χ3n) is 15.0. The molecule has 2 aliphatic rings. The Labute approximate surface area is 412 Å². The van der Waals surface area contributed by atoms with Crippen LogP contribution in [0.2, 0.25) is 0 Å². The average molecular weight is 900 g/mol. The second-order valence-electron chi connectivity index (χ2n) is 21.5. The molecule has 0 aliphatic carbocycles. The summed E-state index contributed by atoms with van der Waals surface area (Å²) in [4.78, 5) is 7.62. The fraction of sp³-hybridized carbons (Fsp3) is 0.121. The summed E-state index contributed by atoms with van der Waals surface area (Å²) in [5, 5.41) is 9.79. The lowest BCUT2D eigenvalue weighted by molar-refractivity contribution is 0.590. The molecule has 0 saturated carbocycles. The topological polar surface area (TPSA) is 9.72 Å². The summed E-state index contributed by atoms with van der Waals surface area (Å²) in [7, 11) is 0. The molecule has 3 nitrogen and oxygen atoms in total. The molecule has 4 heteroatoms. The minimum absolute atomic E-state index is 0.0125. The van der Waals surface area contributed by atoms with Crippen molar-refractivity contribution in [2.24, 2.45) is 0 Å². The van der Waals surface area contributed by atoms with Gasteiger partial charge in [0.25, 0.3) is 6.71 Å². The van der Waals surface area contributed by atoms with Crippen molar-refractivity contribution in [1.82, 2.24) is 0 Å². The van der Waals surface area contributed by atoms with Gasteiger partial charge in [0.05, 0.1) is 5.69 Å². The lowest BCUT2D eigenvalue weighted by atomic mass is 9.33. The smallest absolute Gasteiger partial charge is 0.252 e. The van der Waals surface area contributed by atoms with Crippen LogP contribution >= 0.6 is 0 Å². The number of rotatable bonds is 5. The molecule has 11 aromatic rings. The van der Waals surface area contributed by atoms with Gasteiger partial charge in [-0.05, 0) is 154 Å². The molecule has 70 heavy (non-hydrogen) atoms. The van der Waals surface area contributed by atoms with Gasteiger partial charge in [0.15, 0.2) is 0 Å². The van der Waals surface area contributed by atoms with Gasteiger partial charge in [0.1, 0.15) is 0 Å². The summed E-state index contributed by atoms with van der Waals surface area (Å²) in [6.45, 7) is 13.7. The molecular weight excluding hydrogens is 846 g/mol. The fourth-order valence-corrected chi connectivity index (χ4v) is 11.3. The Morgan fingerprint density at radius 3 is 1.03 bits per heavy atom. The van der Waals surface area contributed by atoms with Crippen LogP contribution in [-0.2, 0) is 10.8 Å². The third-order valence-corrected chi connectivity index (χ3v) is 15.0. The van der Waals surface area contributed by atoms with E-state index in [0.29, 0.717) is 0 Å². The first-order valence-electron chi connectivity index (χ1n) is 24.8. The number of benzene rings is 11. The Kier molecular flexibility index (Phi) is 9.45. The van der Waals surface area contributed by atoms with Crippen LogP contribution in [-0.4, -0.2) is 6.71 Å². The zero-order valence-corrected chi connectivity index (χ0v) is 40.7. The minimum atomic E-state index is -0.0581. The first-order valence-corrected chi connectivity index (χ1v) is 24.8. The Morgan fingerprint density at radius 1 is 0.314 bits per heavy atom. The van der Waals surface area contributed by atoms with Crippen molar-refractivity contribution < 1.29 is 0 Å². The number of fused-ring (bicyclic) bond motifs is 8. The molecule has 13 rings (SSSR count). The first kappa shape index (κ1) is 42.1. The highest BCUT2D eigenvalue weighted by Gasteiger charge is 2.44. The third kappa shape index (κ3) is 6.88. The van der Waals surface area contributed by atoms with Crippen molar-refractivity contribution in [2.45, 2.75) is 52.4 Å². The van der Waals surface area contributed by atoms with Gasteiger partial charge in [-0.1, -0.05) is 187 Å². The van der Waals surface area contributed by atoms with Crippen molar-refractivity contribution in [2.75, 3.05) is 14.7 Å². The van der Waals surface area contributed by atoms with Gasteiger partial charge >= 0.3 is 0 Å². The van der Waals surface area contributed by atoms with Crippen LogP contribution in [0.1, 0.15) is 52.7 Å². The van der Waals surface area contributed by atoms with Gasteiger partial charge in [0.2, 0.25) is 0 Å². The van der Waals surface area contributed by atoms with Crippen LogP contribution in [0.25, 0.3) is 43.1 Å². The molecule has 0 fully saturated rings. The maximum absolute atomic E-state index is 2.57. The molecule has 0 N–H and O–H groups in total. The van der Waals surface area contributed by atoms with E-state index in [-0.39, 0.29) is 17.5 Å².